The van der Waals surface area contributed by atoms with Crippen LogP contribution in [0.3, 0.4) is 0 Å². The minimum atomic E-state index is -0.0820. The van der Waals surface area contributed by atoms with Crippen LogP contribution in [0.2, 0.25) is 0 Å². The summed E-state index contributed by atoms with van der Waals surface area (Å²) in [5, 5.41) is 2.94. The van der Waals surface area contributed by atoms with Gasteiger partial charge in [0.15, 0.2) is 0 Å². The van der Waals surface area contributed by atoms with Gasteiger partial charge in [0.1, 0.15) is 11.9 Å². The number of carbonyl (C=O) groups is 1. The molecule has 1 amide bonds. The number of hydrogen-bond acceptors (Lipinski definition) is 2. The molecule has 1 N–H and O–H groups in total. The fraction of sp³-hybridized carbons (Fsp3) is 0.235. The van der Waals surface area contributed by atoms with Crippen LogP contribution < -0.4 is 10.1 Å². The molecule has 0 fully saturated rings. The quantitative estimate of drug-likeness (QED) is 0.924. The number of hydrogen-bond donors (Lipinski definition) is 1. The topological polar surface area (TPSA) is 38.3 Å². The van der Waals surface area contributed by atoms with Gasteiger partial charge in [-0.05, 0) is 52.2 Å². The number of fused-ring (bicyclic) bond motifs is 1. The summed E-state index contributed by atoms with van der Waals surface area (Å²) in [4.78, 5) is 12.2. The van der Waals surface area contributed by atoms with Gasteiger partial charge in [-0.3, -0.25) is 4.79 Å². The van der Waals surface area contributed by atoms with Gasteiger partial charge >= 0.3 is 0 Å². The zero-order valence-electron chi connectivity index (χ0n) is 11.7. The fourth-order valence-corrected chi connectivity index (χ4v) is 3.15. The molecule has 1 aliphatic rings. The molecule has 2 aromatic carbocycles. The molecule has 4 heteroatoms. The molecule has 1 unspecified atom stereocenters. The lowest BCUT2D eigenvalue weighted by atomic mass is 10.1. The Kier molecular flexibility index (Phi) is 3.97. The molecule has 0 aliphatic carbocycles. The molecule has 0 saturated carbocycles. The zero-order valence-corrected chi connectivity index (χ0v) is 13.3. The second-order valence-electron chi connectivity index (χ2n) is 5.25. The highest BCUT2D eigenvalue weighted by Crippen LogP contribution is 2.27. The number of nitrogens with one attached hydrogen (secondary N) is 1. The first kappa shape index (κ1) is 14.1. The van der Waals surface area contributed by atoms with Crippen LogP contribution in [0.4, 0.5) is 0 Å². The number of benzene rings is 2. The largest absolute Gasteiger partial charge is 0.488 e. The lowest BCUT2D eigenvalue weighted by Crippen LogP contribution is -2.34. The van der Waals surface area contributed by atoms with Gasteiger partial charge in [0.05, 0.1) is 12.1 Å². The molecular formula is C17H16BrNO2. The van der Waals surface area contributed by atoms with E-state index in [4.69, 9.17) is 4.74 Å². The van der Waals surface area contributed by atoms with Crippen molar-refractivity contribution in [1.29, 1.82) is 0 Å². The van der Waals surface area contributed by atoms with Crippen molar-refractivity contribution in [3.63, 3.8) is 0 Å². The molecule has 3 rings (SSSR count). The number of aryl methyl sites for hydroxylation is 1. The molecule has 1 atom stereocenters. The van der Waals surface area contributed by atoms with E-state index in [1.165, 1.54) is 5.56 Å². The van der Waals surface area contributed by atoms with Crippen LogP contribution in [-0.4, -0.2) is 18.6 Å². The summed E-state index contributed by atoms with van der Waals surface area (Å²) in [5.74, 6) is 0.842. The predicted molar refractivity (Wildman–Crippen MR) is 85.8 cm³/mol. The summed E-state index contributed by atoms with van der Waals surface area (Å²) in [5.41, 5.74) is 2.97. The van der Waals surface area contributed by atoms with Crippen LogP contribution in [0.5, 0.6) is 5.75 Å². The molecule has 0 aromatic heterocycles. The van der Waals surface area contributed by atoms with Crippen LogP contribution in [-0.2, 0) is 6.42 Å². The van der Waals surface area contributed by atoms with E-state index in [0.29, 0.717) is 12.1 Å². The van der Waals surface area contributed by atoms with Gasteiger partial charge in [-0.1, -0.05) is 24.3 Å². The van der Waals surface area contributed by atoms with Gasteiger partial charge in [0, 0.05) is 10.9 Å². The molecule has 0 radical (unpaired) electrons. The minimum absolute atomic E-state index is 0.00979. The first-order valence-electron chi connectivity index (χ1n) is 6.92. The lowest BCUT2D eigenvalue weighted by Gasteiger charge is -2.12. The van der Waals surface area contributed by atoms with Crippen molar-refractivity contribution in [3.05, 3.63) is 63.6 Å². The van der Waals surface area contributed by atoms with Crippen molar-refractivity contribution in [2.45, 2.75) is 19.4 Å². The number of para-hydroxylation sites is 1. The van der Waals surface area contributed by atoms with Crippen LogP contribution in [0.25, 0.3) is 0 Å². The first-order chi connectivity index (χ1) is 10.1. The number of amides is 1. The lowest BCUT2D eigenvalue weighted by molar-refractivity contribution is 0.0933. The molecule has 3 nitrogen and oxygen atoms in total. The molecule has 2 aromatic rings. The zero-order chi connectivity index (χ0) is 14.8. The van der Waals surface area contributed by atoms with E-state index >= 15 is 0 Å². The average molecular weight is 346 g/mol. The van der Waals surface area contributed by atoms with Crippen molar-refractivity contribution in [1.82, 2.24) is 5.32 Å². The standard InChI is InChI=1S/C17H16BrNO2/c1-11-6-7-14(15(18)8-11)17(20)19-10-13-9-12-4-2-3-5-16(12)21-13/h2-8,13H,9-10H2,1H3,(H,19,20). The maximum absolute atomic E-state index is 12.2. The van der Waals surface area contributed by atoms with Gasteiger partial charge in [-0.2, -0.15) is 0 Å². The van der Waals surface area contributed by atoms with Gasteiger partial charge in [-0.25, -0.2) is 0 Å². The van der Waals surface area contributed by atoms with Gasteiger partial charge in [0.25, 0.3) is 5.91 Å². The number of ether oxygens (including phenoxy) is 1. The maximum Gasteiger partial charge on any atom is 0.252 e. The Labute approximate surface area is 132 Å². The van der Waals surface area contributed by atoms with Gasteiger partial charge in [-0.15, -0.1) is 0 Å². The maximum atomic E-state index is 12.2. The Morgan fingerprint density at radius 1 is 1.33 bits per heavy atom. The summed E-state index contributed by atoms with van der Waals surface area (Å²) in [7, 11) is 0. The highest BCUT2D eigenvalue weighted by atomic mass is 79.9. The highest BCUT2D eigenvalue weighted by molar-refractivity contribution is 9.10. The van der Waals surface area contributed by atoms with Crippen molar-refractivity contribution in [2.75, 3.05) is 6.54 Å². The second-order valence-corrected chi connectivity index (χ2v) is 6.10. The SMILES string of the molecule is Cc1ccc(C(=O)NCC2Cc3ccccc3O2)c(Br)c1. The third-order valence-corrected chi connectivity index (χ3v) is 4.23. The normalized spacial score (nSPS) is 16.2. The van der Waals surface area contributed by atoms with Gasteiger partial charge in [0.2, 0.25) is 0 Å². The Morgan fingerprint density at radius 3 is 2.90 bits per heavy atom. The van der Waals surface area contributed by atoms with Crippen molar-refractivity contribution < 1.29 is 9.53 Å². The molecule has 21 heavy (non-hydrogen) atoms. The molecule has 0 bridgehead atoms. The van der Waals surface area contributed by atoms with E-state index in [1.54, 1.807) is 0 Å². The van der Waals surface area contributed by atoms with E-state index in [-0.39, 0.29) is 12.0 Å². The smallest absolute Gasteiger partial charge is 0.252 e. The number of rotatable bonds is 3. The Bertz CT molecular complexity index is 659. The summed E-state index contributed by atoms with van der Waals surface area (Å²) < 4.78 is 6.63. The molecule has 108 valence electrons. The van der Waals surface area contributed by atoms with Crippen LogP contribution in [0.1, 0.15) is 21.5 Å². The summed E-state index contributed by atoms with van der Waals surface area (Å²) >= 11 is 3.43. The third kappa shape index (κ3) is 3.10. The molecule has 1 heterocycles. The van der Waals surface area contributed by atoms with Crippen LogP contribution >= 0.6 is 15.9 Å². The van der Waals surface area contributed by atoms with E-state index in [9.17, 15) is 4.79 Å². The van der Waals surface area contributed by atoms with Gasteiger partial charge < -0.3 is 10.1 Å². The summed E-state index contributed by atoms with van der Waals surface area (Å²) in [6, 6.07) is 13.7. The molecular weight excluding hydrogens is 330 g/mol. The van der Waals surface area contributed by atoms with E-state index in [2.05, 4.69) is 27.3 Å². The molecule has 0 saturated heterocycles. The molecule has 0 spiro atoms. The van der Waals surface area contributed by atoms with Crippen LogP contribution in [0.15, 0.2) is 46.9 Å². The first-order valence-corrected chi connectivity index (χ1v) is 7.71. The third-order valence-electron chi connectivity index (χ3n) is 3.57. The van der Waals surface area contributed by atoms with E-state index in [1.807, 2.05) is 43.3 Å². The second kappa shape index (κ2) is 5.90. The predicted octanol–water partition coefficient (Wildman–Crippen LogP) is 3.49. The Morgan fingerprint density at radius 2 is 2.14 bits per heavy atom. The van der Waals surface area contributed by atoms with E-state index in [0.717, 1.165) is 22.2 Å². The highest BCUT2D eigenvalue weighted by Gasteiger charge is 2.23. The van der Waals surface area contributed by atoms with Crippen molar-refractivity contribution in [2.24, 2.45) is 0 Å². The Balaban J connectivity index is 1.60. The summed E-state index contributed by atoms with van der Waals surface area (Å²) in [6.45, 7) is 2.50. The molecule has 1 aliphatic heterocycles. The monoisotopic (exact) mass is 345 g/mol. The number of halogens is 1. The van der Waals surface area contributed by atoms with Crippen molar-refractivity contribution >= 4 is 21.8 Å². The Hall–Kier alpha value is -1.81. The minimum Gasteiger partial charge on any atom is -0.488 e. The van der Waals surface area contributed by atoms with E-state index < -0.39 is 0 Å². The van der Waals surface area contributed by atoms with Crippen molar-refractivity contribution in [3.8, 4) is 5.75 Å². The van der Waals surface area contributed by atoms with Crippen LogP contribution in [0, 0.1) is 6.92 Å². The summed E-state index contributed by atoms with van der Waals surface area (Å²) in [6.07, 6.45) is 0.849. The number of carbonyl (C=O) groups excluding carboxylic acids is 1. The average Bonchev–Trinajstić information content (AvgIpc) is 2.87. The fourth-order valence-electron chi connectivity index (χ4n) is 2.47.